The molecule has 0 fully saturated rings. The zero-order valence-electron chi connectivity index (χ0n) is 8.14. The van der Waals surface area contributed by atoms with Gasteiger partial charge < -0.3 is 16.8 Å². The maximum Gasteiger partial charge on any atom is 0.236 e. The molecule has 0 heterocycles. The van der Waals surface area contributed by atoms with Gasteiger partial charge in [0.25, 0.3) is 0 Å². The van der Waals surface area contributed by atoms with E-state index in [-0.39, 0.29) is 6.54 Å². The van der Waals surface area contributed by atoms with Crippen molar-refractivity contribution in [2.45, 2.75) is 6.04 Å². The summed E-state index contributed by atoms with van der Waals surface area (Å²) in [5.74, 6) is -0.594. The highest BCUT2D eigenvalue weighted by atomic mass is 35.5. The van der Waals surface area contributed by atoms with Crippen LogP contribution in [0.2, 0.25) is 15.1 Å². The first-order valence-corrected chi connectivity index (χ1v) is 5.48. The molecule has 0 aliphatic rings. The Morgan fingerprint density at radius 3 is 2.38 bits per heavy atom. The van der Waals surface area contributed by atoms with Gasteiger partial charge in [-0.2, -0.15) is 0 Å². The van der Waals surface area contributed by atoms with Crippen molar-refractivity contribution in [3.63, 3.8) is 0 Å². The van der Waals surface area contributed by atoms with Crippen LogP contribution in [0.3, 0.4) is 0 Å². The lowest BCUT2D eigenvalue weighted by Gasteiger charge is -2.12. The number of anilines is 1. The Labute approximate surface area is 108 Å². The standard InChI is InChI=1S/C9H10Cl3N3O/c10-4-1-6(12)8(2-5(4)11)15-3-7(13)9(14)16/h1-2,7,15H,3,13H2,(H2,14,16). The normalized spacial score (nSPS) is 12.2. The average Bonchev–Trinajstić information content (AvgIpc) is 2.20. The summed E-state index contributed by atoms with van der Waals surface area (Å²) in [7, 11) is 0. The van der Waals surface area contributed by atoms with E-state index >= 15 is 0 Å². The van der Waals surface area contributed by atoms with Crippen LogP contribution in [-0.2, 0) is 4.79 Å². The number of rotatable bonds is 4. The van der Waals surface area contributed by atoms with Gasteiger partial charge in [-0.1, -0.05) is 34.8 Å². The van der Waals surface area contributed by atoms with Crippen molar-refractivity contribution in [2.24, 2.45) is 11.5 Å². The number of carbonyl (C=O) groups excluding carboxylic acids is 1. The molecule has 1 aromatic carbocycles. The van der Waals surface area contributed by atoms with Gasteiger partial charge in [0.15, 0.2) is 0 Å². The van der Waals surface area contributed by atoms with Gasteiger partial charge in [-0.05, 0) is 12.1 Å². The number of hydrogen-bond acceptors (Lipinski definition) is 3. The Hall–Kier alpha value is -0.680. The van der Waals surface area contributed by atoms with Crippen LogP contribution in [0, 0.1) is 0 Å². The summed E-state index contributed by atoms with van der Waals surface area (Å²) < 4.78 is 0. The highest BCUT2D eigenvalue weighted by Crippen LogP contribution is 2.32. The molecule has 88 valence electrons. The molecule has 0 aromatic heterocycles. The molecule has 0 saturated heterocycles. The first kappa shape index (κ1) is 13.4. The molecular weight excluding hydrogens is 272 g/mol. The number of amides is 1. The number of primary amides is 1. The van der Waals surface area contributed by atoms with Crippen LogP contribution in [0.25, 0.3) is 0 Å². The van der Waals surface area contributed by atoms with Gasteiger partial charge in [0, 0.05) is 6.54 Å². The van der Waals surface area contributed by atoms with Crippen molar-refractivity contribution in [2.75, 3.05) is 11.9 Å². The Morgan fingerprint density at radius 2 is 1.81 bits per heavy atom. The fourth-order valence-electron chi connectivity index (χ4n) is 0.979. The minimum atomic E-state index is -0.787. The second-order valence-corrected chi connectivity index (χ2v) is 4.36. The molecule has 5 N–H and O–H groups in total. The smallest absolute Gasteiger partial charge is 0.236 e. The molecule has 7 heteroatoms. The van der Waals surface area contributed by atoms with Crippen molar-refractivity contribution in [3.05, 3.63) is 27.2 Å². The van der Waals surface area contributed by atoms with E-state index in [1.54, 1.807) is 6.07 Å². The van der Waals surface area contributed by atoms with Gasteiger partial charge >= 0.3 is 0 Å². The second-order valence-electron chi connectivity index (χ2n) is 3.14. The van der Waals surface area contributed by atoms with Crippen LogP contribution < -0.4 is 16.8 Å². The number of halogens is 3. The molecule has 1 amide bonds. The van der Waals surface area contributed by atoms with E-state index in [0.29, 0.717) is 20.8 Å². The van der Waals surface area contributed by atoms with E-state index in [9.17, 15) is 4.79 Å². The quantitative estimate of drug-likeness (QED) is 0.737. The molecule has 0 radical (unpaired) electrons. The maximum atomic E-state index is 10.7. The van der Waals surface area contributed by atoms with Crippen molar-refractivity contribution < 1.29 is 4.79 Å². The van der Waals surface area contributed by atoms with E-state index in [0.717, 1.165) is 0 Å². The molecule has 1 rings (SSSR count). The lowest BCUT2D eigenvalue weighted by molar-refractivity contribution is -0.118. The molecular formula is C9H10Cl3N3O. The third kappa shape index (κ3) is 3.42. The van der Waals surface area contributed by atoms with Crippen LogP contribution in [0.4, 0.5) is 5.69 Å². The highest BCUT2D eigenvalue weighted by Gasteiger charge is 2.10. The summed E-state index contributed by atoms with van der Waals surface area (Å²) in [4.78, 5) is 10.7. The molecule has 0 aliphatic heterocycles. The van der Waals surface area contributed by atoms with E-state index in [4.69, 9.17) is 46.3 Å². The SMILES string of the molecule is NC(=O)C(N)CNc1cc(Cl)c(Cl)cc1Cl. The molecule has 1 aromatic rings. The van der Waals surface area contributed by atoms with Gasteiger partial charge in [0.2, 0.25) is 5.91 Å². The summed E-state index contributed by atoms with van der Waals surface area (Å²) in [6.07, 6.45) is 0. The summed E-state index contributed by atoms with van der Waals surface area (Å²) in [5.41, 5.74) is 11.0. The largest absolute Gasteiger partial charge is 0.382 e. The van der Waals surface area contributed by atoms with E-state index in [1.165, 1.54) is 6.07 Å². The predicted octanol–water partition coefficient (Wildman–Crippen LogP) is 1.87. The van der Waals surface area contributed by atoms with Crippen molar-refractivity contribution in [1.82, 2.24) is 0 Å². The van der Waals surface area contributed by atoms with E-state index < -0.39 is 11.9 Å². The van der Waals surface area contributed by atoms with Crippen LogP contribution in [0.5, 0.6) is 0 Å². The van der Waals surface area contributed by atoms with Gasteiger partial charge in [0.1, 0.15) is 6.04 Å². The van der Waals surface area contributed by atoms with Crippen molar-refractivity contribution in [1.29, 1.82) is 0 Å². The molecule has 0 saturated carbocycles. The molecule has 0 aliphatic carbocycles. The monoisotopic (exact) mass is 281 g/mol. The Balaban J connectivity index is 2.74. The molecule has 0 bridgehead atoms. The topological polar surface area (TPSA) is 81.1 Å². The molecule has 16 heavy (non-hydrogen) atoms. The minimum absolute atomic E-state index is 0.174. The fraction of sp³-hybridized carbons (Fsp3) is 0.222. The lowest BCUT2D eigenvalue weighted by Crippen LogP contribution is -2.41. The number of nitrogens with one attached hydrogen (secondary N) is 1. The zero-order chi connectivity index (χ0) is 12.3. The highest BCUT2D eigenvalue weighted by molar-refractivity contribution is 6.44. The van der Waals surface area contributed by atoms with Gasteiger partial charge in [0.05, 0.1) is 20.8 Å². The average molecular weight is 283 g/mol. The van der Waals surface area contributed by atoms with Crippen LogP contribution in [0.15, 0.2) is 12.1 Å². The van der Waals surface area contributed by atoms with Crippen LogP contribution >= 0.6 is 34.8 Å². The molecule has 0 spiro atoms. The summed E-state index contributed by atoms with van der Waals surface area (Å²) in [6.45, 7) is 0.174. The van der Waals surface area contributed by atoms with Crippen LogP contribution in [-0.4, -0.2) is 18.5 Å². The van der Waals surface area contributed by atoms with Crippen LogP contribution in [0.1, 0.15) is 0 Å². The third-order valence-corrected chi connectivity index (χ3v) is 2.92. The minimum Gasteiger partial charge on any atom is -0.382 e. The summed E-state index contributed by atoms with van der Waals surface area (Å²) in [5, 5.41) is 3.98. The Kier molecular flexibility index (Phi) is 4.68. The number of nitrogens with two attached hydrogens (primary N) is 2. The second kappa shape index (κ2) is 5.59. The first-order chi connectivity index (χ1) is 7.41. The third-order valence-electron chi connectivity index (χ3n) is 1.89. The van der Waals surface area contributed by atoms with Crippen molar-refractivity contribution >= 4 is 46.4 Å². The molecule has 4 nitrogen and oxygen atoms in total. The summed E-state index contributed by atoms with van der Waals surface area (Å²) >= 11 is 17.5. The Bertz CT molecular complexity index is 411. The van der Waals surface area contributed by atoms with Crippen molar-refractivity contribution in [3.8, 4) is 0 Å². The zero-order valence-corrected chi connectivity index (χ0v) is 10.4. The number of hydrogen-bond donors (Lipinski definition) is 3. The van der Waals surface area contributed by atoms with Gasteiger partial charge in [-0.15, -0.1) is 0 Å². The number of benzene rings is 1. The van der Waals surface area contributed by atoms with E-state index in [1.807, 2.05) is 0 Å². The Morgan fingerprint density at radius 1 is 1.25 bits per heavy atom. The first-order valence-electron chi connectivity index (χ1n) is 4.35. The van der Waals surface area contributed by atoms with Gasteiger partial charge in [-0.3, -0.25) is 4.79 Å². The molecule has 1 unspecified atom stereocenters. The molecule has 1 atom stereocenters. The number of carbonyl (C=O) groups is 1. The lowest BCUT2D eigenvalue weighted by atomic mass is 10.2. The summed E-state index contributed by atoms with van der Waals surface area (Å²) in [6, 6.07) is 2.27. The van der Waals surface area contributed by atoms with E-state index in [2.05, 4.69) is 5.32 Å². The predicted molar refractivity (Wildman–Crippen MR) is 67.1 cm³/mol. The van der Waals surface area contributed by atoms with Gasteiger partial charge in [-0.25, -0.2) is 0 Å². The fourth-order valence-corrected chi connectivity index (χ4v) is 1.59. The maximum absolute atomic E-state index is 10.7.